The van der Waals surface area contributed by atoms with Gasteiger partial charge in [0.25, 0.3) is 0 Å². The highest BCUT2D eigenvalue weighted by atomic mass is 16.5. The van der Waals surface area contributed by atoms with Crippen molar-refractivity contribution in [1.82, 2.24) is 4.98 Å². The van der Waals surface area contributed by atoms with E-state index >= 15 is 0 Å². The summed E-state index contributed by atoms with van der Waals surface area (Å²) in [5, 5.41) is 0. The molecule has 1 heterocycles. The van der Waals surface area contributed by atoms with E-state index in [-0.39, 0.29) is 0 Å². The number of ether oxygens (including phenoxy) is 1. The molecule has 0 aliphatic rings. The first kappa shape index (κ1) is 11.0. The molecule has 1 aromatic heterocycles. The standard InChI is InChI=1S/C11H18N2O/c1-8-7-13-10(5-4-6-12)9(2)11(8)14-3/h7H,4-6,12H2,1-3H3. The molecule has 78 valence electrons. The molecule has 0 aliphatic carbocycles. The van der Waals surface area contributed by atoms with Crippen LogP contribution in [0.2, 0.25) is 0 Å². The molecule has 0 aromatic carbocycles. The van der Waals surface area contributed by atoms with E-state index in [2.05, 4.69) is 4.98 Å². The summed E-state index contributed by atoms with van der Waals surface area (Å²) >= 11 is 0. The van der Waals surface area contributed by atoms with Gasteiger partial charge in [-0.2, -0.15) is 0 Å². The predicted molar refractivity (Wildman–Crippen MR) is 57.6 cm³/mol. The van der Waals surface area contributed by atoms with Crippen LogP contribution < -0.4 is 10.5 Å². The fourth-order valence-corrected chi connectivity index (χ4v) is 1.59. The zero-order valence-electron chi connectivity index (χ0n) is 9.13. The maximum atomic E-state index is 5.47. The highest BCUT2D eigenvalue weighted by molar-refractivity contribution is 5.41. The van der Waals surface area contributed by atoms with Crippen LogP contribution in [-0.2, 0) is 6.42 Å². The molecule has 0 bridgehead atoms. The monoisotopic (exact) mass is 194 g/mol. The molecule has 0 atom stereocenters. The summed E-state index contributed by atoms with van der Waals surface area (Å²) in [5.41, 5.74) is 8.79. The van der Waals surface area contributed by atoms with Gasteiger partial charge in [-0.15, -0.1) is 0 Å². The van der Waals surface area contributed by atoms with Crippen molar-refractivity contribution in [3.8, 4) is 5.75 Å². The van der Waals surface area contributed by atoms with Gasteiger partial charge in [0.05, 0.1) is 7.11 Å². The molecular weight excluding hydrogens is 176 g/mol. The van der Waals surface area contributed by atoms with Crippen LogP contribution in [0.5, 0.6) is 5.75 Å². The number of hydrogen-bond acceptors (Lipinski definition) is 3. The van der Waals surface area contributed by atoms with Crippen LogP contribution in [0.4, 0.5) is 0 Å². The molecule has 0 saturated carbocycles. The van der Waals surface area contributed by atoms with Crippen molar-refractivity contribution in [2.45, 2.75) is 26.7 Å². The second-order valence-electron chi connectivity index (χ2n) is 3.44. The lowest BCUT2D eigenvalue weighted by atomic mass is 10.1. The Labute approximate surface area is 85.3 Å². The zero-order valence-corrected chi connectivity index (χ0v) is 9.13. The minimum Gasteiger partial charge on any atom is -0.496 e. The van der Waals surface area contributed by atoms with Gasteiger partial charge in [0.15, 0.2) is 0 Å². The van der Waals surface area contributed by atoms with Gasteiger partial charge in [-0.3, -0.25) is 4.98 Å². The molecule has 0 unspecified atom stereocenters. The van der Waals surface area contributed by atoms with Crippen LogP contribution in [0.15, 0.2) is 6.20 Å². The molecule has 0 amide bonds. The van der Waals surface area contributed by atoms with E-state index < -0.39 is 0 Å². The SMILES string of the molecule is COc1c(C)cnc(CCCN)c1C. The quantitative estimate of drug-likeness (QED) is 0.792. The summed E-state index contributed by atoms with van der Waals surface area (Å²) in [6, 6.07) is 0. The molecule has 0 spiro atoms. The van der Waals surface area contributed by atoms with E-state index in [0.29, 0.717) is 6.54 Å². The number of pyridine rings is 1. The Morgan fingerprint density at radius 3 is 2.71 bits per heavy atom. The van der Waals surface area contributed by atoms with Crippen molar-refractivity contribution in [3.63, 3.8) is 0 Å². The summed E-state index contributed by atoms with van der Waals surface area (Å²) in [4.78, 5) is 4.39. The number of methoxy groups -OCH3 is 1. The molecular formula is C11H18N2O. The van der Waals surface area contributed by atoms with Crippen molar-refractivity contribution in [1.29, 1.82) is 0 Å². The van der Waals surface area contributed by atoms with Gasteiger partial charge in [0.1, 0.15) is 5.75 Å². The Morgan fingerprint density at radius 2 is 2.14 bits per heavy atom. The first-order chi connectivity index (χ1) is 6.70. The topological polar surface area (TPSA) is 48.1 Å². The van der Waals surface area contributed by atoms with E-state index in [1.807, 2.05) is 20.0 Å². The zero-order chi connectivity index (χ0) is 10.6. The predicted octanol–water partition coefficient (Wildman–Crippen LogP) is 1.60. The average molecular weight is 194 g/mol. The molecule has 0 fully saturated rings. The lowest BCUT2D eigenvalue weighted by Gasteiger charge is -2.11. The molecule has 2 N–H and O–H groups in total. The van der Waals surface area contributed by atoms with Gasteiger partial charge < -0.3 is 10.5 Å². The largest absolute Gasteiger partial charge is 0.496 e. The molecule has 0 aliphatic heterocycles. The number of nitrogens with two attached hydrogens (primary N) is 1. The number of nitrogens with zero attached hydrogens (tertiary/aromatic N) is 1. The molecule has 1 rings (SSSR count). The molecule has 14 heavy (non-hydrogen) atoms. The summed E-state index contributed by atoms with van der Waals surface area (Å²) in [7, 11) is 1.70. The summed E-state index contributed by atoms with van der Waals surface area (Å²) < 4.78 is 5.33. The number of aryl methyl sites for hydroxylation is 2. The van der Waals surface area contributed by atoms with Crippen LogP contribution >= 0.6 is 0 Å². The fourth-order valence-electron chi connectivity index (χ4n) is 1.59. The van der Waals surface area contributed by atoms with E-state index in [4.69, 9.17) is 10.5 Å². The number of aromatic nitrogens is 1. The third-order valence-electron chi connectivity index (χ3n) is 2.37. The van der Waals surface area contributed by atoms with Gasteiger partial charge in [-0.25, -0.2) is 0 Å². The number of rotatable bonds is 4. The Hall–Kier alpha value is -1.09. The van der Waals surface area contributed by atoms with Gasteiger partial charge in [0.2, 0.25) is 0 Å². The van der Waals surface area contributed by atoms with Crippen LogP contribution in [-0.4, -0.2) is 18.6 Å². The highest BCUT2D eigenvalue weighted by Crippen LogP contribution is 2.24. The highest BCUT2D eigenvalue weighted by Gasteiger charge is 2.08. The van der Waals surface area contributed by atoms with Gasteiger partial charge in [0, 0.05) is 23.0 Å². The van der Waals surface area contributed by atoms with Gasteiger partial charge in [-0.05, 0) is 33.2 Å². The maximum absolute atomic E-state index is 5.47. The molecule has 0 saturated heterocycles. The Morgan fingerprint density at radius 1 is 1.43 bits per heavy atom. The molecule has 1 aromatic rings. The van der Waals surface area contributed by atoms with Crippen LogP contribution in [0.1, 0.15) is 23.2 Å². The first-order valence-corrected chi connectivity index (χ1v) is 4.89. The van der Waals surface area contributed by atoms with E-state index in [1.54, 1.807) is 7.11 Å². The second kappa shape index (κ2) is 4.96. The summed E-state index contributed by atoms with van der Waals surface area (Å²) in [5.74, 6) is 0.951. The van der Waals surface area contributed by atoms with Crippen LogP contribution in [0.25, 0.3) is 0 Å². The lowest BCUT2D eigenvalue weighted by Crippen LogP contribution is -2.04. The molecule has 0 radical (unpaired) electrons. The lowest BCUT2D eigenvalue weighted by molar-refractivity contribution is 0.406. The van der Waals surface area contributed by atoms with Crippen LogP contribution in [0.3, 0.4) is 0 Å². The van der Waals surface area contributed by atoms with Crippen molar-refractivity contribution in [2.75, 3.05) is 13.7 Å². The van der Waals surface area contributed by atoms with Gasteiger partial charge >= 0.3 is 0 Å². The van der Waals surface area contributed by atoms with E-state index in [1.165, 1.54) is 0 Å². The van der Waals surface area contributed by atoms with Crippen molar-refractivity contribution in [3.05, 3.63) is 23.0 Å². The van der Waals surface area contributed by atoms with E-state index in [9.17, 15) is 0 Å². The Balaban J connectivity index is 2.96. The minimum atomic E-state index is 0.706. The minimum absolute atomic E-state index is 0.706. The number of hydrogen-bond donors (Lipinski definition) is 1. The average Bonchev–Trinajstić information content (AvgIpc) is 2.18. The van der Waals surface area contributed by atoms with Crippen molar-refractivity contribution < 1.29 is 4.74 Å². The third-order valence-corrected chi connectivity index (χ3v) is 2.37. The summed E-state index contributed by atoms with van der Waals surface area (Å²) in [6.07, 6.45) is 3.76. The fraction of sp³-hybridized carbons (Fsp3) is 0.545. The van der Waals surface area contributed by atoms with Gasteiger partial charge in [-0.1, -0.05) is 0 Å². The molecule has 3 nitrogen and oxygen atoms in total. The van der Waals surface area contributed by atoms with Crippen molar-refractivity contribution in [2.24, 2.45) is 5.73 Å². The second-order valence-corrected chi connectivity index (χ2v) is 3.44. The maximum Gasteiger partial charge on any atom is 0.128 e. The first-order valence-electron chi connectivity index (χ1n) is 4.89. The smallest absolute Gasteiger partial charge is 0.128 e. The normalized spacial score (nSPS) is 10.3. The summed E-state index contributed by atoms with van der Waals surface area (Å²) in [6.45, 7) is 4.76. The Kier molecular flexibility index (Phi) is 3.89. The molecule has 3 heteroatoms. The van der Waals surface area contributed by atoms with Crippen LogP contribution in [0, 0.1) is 13.8 Å². The third kappa shape index (κ3) is 2.23. The van der Waals surface area contributed by atoms with Crippen molar-refractivity contribution >= 4 is 0 Å². The Bertz CT molecular complexity index is 310. The van der Waals surface area contributed by atoms with E-state index in [0.717, 1.165) is 35.4 Å².